The Hall–Kier alpha value is -3.11. The van der Waals surface area contributed by atoms with Crippen LogP contribution in [0.1, 0.15) is 47.2 Å². The van der Waals surface area contributed by atoms with E-state index in [-0.39, 0.29) is 29.6 Å². The van der Waals surface area contributed by atoms with Gasteiger partial charge in [0.15, 0.2) is 0 Å². The number of imide groups is 1. The number of rotatable bonds is 5. The minimum absolute atomic E-state index is 0.151. The quantitative estimate of drug-likeness (QED) is 0.623. The van der Waals surface area contributed by atoms with Crippen molar-refractivity contribution < 1.29 is 14.4 Å². The standard InChI is InChI=1S/C22H24ClN7O3/c23-21-25-12-26-22(28-21)29(15-5-7-24-8-6-15)10-13-1-2-16-14(9-13)11-30(20(16)33)17-3-4-18(31)27-19(17)32/h1-2,9,12,15,17,24H,3-8,10-11H2,(H,27,31,32). The number of hydrogen-bond donors (Lipinski definition) is 2. The van der Waals surface area contributed by atoms with E-state index in [9.17, 15) is 14.4 Å². The van der Waals surface area contributed by atoms with Crippen molar-refractivity contribution in [3.05, 3.63) is 46.5 Å². The van der Waals surface area contributed by atoms with Crippen molar-refractivity contribution in [2.45, 2.75) is 50.9 Å². The Morgan fingerprint density at radius 2 is 1.94 bits per heavy atom. The van der Waals surface area contributed by atoms with Gasteiger partial charge in [0.25, 0.3) is 5.91 Å². The fourth-order valence-electron chi connectivity index (χ4n) is 4.81. The Morgan fingerprint density at radius 3 is 2.70 bits per heavy atom. The molecule has 0 spiro atoms. The van der Waals surface area contributed by atoms with Gasteiger partial charge in [-0.2, -0.15) is 4.98 Å². The summed E-state index contributed by atoms with van der Waals surface area (Å²) in [6, 6.07) is 5.39. The van der Waals surface area contributed by atoms with Crippen LogP contribution in [0, 0.1) is 0 Å². The SMILES string of the molecule is O=C1CCC(N2Cc3cc(CN(c4ncnc(Cl)n4)C4CCNCC4)ccc3C2=O)C(=O)N1. The maximum Gasteiger partial charge on any atom is 0.255 e. The summed E-state index contributed by atoms with van der Waals surface area (Å²) in [6.45, 7) is 2.74. The van der Waals surface area contributed by atoms with Crippen LogP contribution in [0.3, 0.4) is 0 Å². The highest BCUT2D eigenvalue weighted by Crippen LogP contribution is 2.29. The molecule has 2 aromatic rings. The van der Waals surface area contributed by atoms with Crippen LogP contribution in [0.5, 0.6) is 0 Å². The van der Waals surface area contributed by atoms with Gasteiger partial charge in [-0.25, -0.2) is 9.97 Å². The lowest BCUT2D eigenvalue weighted by molar-refractivity contribution is -0.136. The number of fused-ring (bicyclic) bond motifs is 1. The molecule has 0 aliphatic carbocycles. The molecule has 2 N–H and O–H groups in total. The Balaban J connectivity index is 1.38. The minimum Gasteiger partial charge on any atom is -0.333 e. The van der Waals surface area contributed by atoms with Gasteiger partial charge in [0.05, 0.1) is 0 Å². The summed E-state index contributed by atoms with van der Waals surface area (Å²) in [5.74, 6) is -0.343. The maximum atomic E-state index is 13.0. The topological polar surface area (TPSA) is 120 Å². The summed E-state index contributed by atoms with van der Waals surface area (Å²) < 4.78 is 0. The highest BCUT2D eigenvalue weighted by molar-refractivity contribution is 6.28. The Kier molecular flexibility index (Phi) is 5.94. The zero-order valence-electron chi connectivity index (χ0n) is 18.0. The largest absolute Gasteiger partial charge is 0.333 e. The van der Waals surface area contributed by atoms with Crippen LogP contribution in [0.25, 0.3) is 0 Å². The second-order valence-corrected chi connectivity index (χ2v) is 8.89. The zero-order valence-corrected chi connectivity index (χ0v) is 18.7. The predicted molar refractivity (Wildman–Crippen MR) is 119 cm³/mol. The van der Waals surface area contributed by atoms with Crippen LogP contribution in [-0.4, -0.2) is 62.7 Å². The summed E-state index contributed by atoms with van der Waals surface area (Å²) in [5.41, 5.74) is 2.49. The molecule has 33 heavy (non-hydrogen) atoms. The van der Waals surface area contributed by atoms with Gasteiger partial charge in [0.2, 0.25) is 23.0 Å². The normalized spacial score (nSPS) is 21.2. The van der Waals surface area contributed by atoms with Gasteiger partial charge in [0, 0.05) is 31.1 Å². The number of nitrogens with one attached hydrogen (secondary N) is 2. The highest BCUT2D eigenvalue weighted by atomic mass is 35.5. The number of amides is 3. The molecule has 11 heteroatoms. The number of benzene rings is 1. The van der Waals surface area contributed by atoms with Gasteiger partial charge < -0.3 is 15.1 Å². The fraction of sp³-hybridized carbons (Fsp3) is 0.455. The number of piperidine rings is 2. The third kappa shape index (κ3) is 4.40. The van der Waals surface area contributed by atoms with Gasteiger partial charge >= 0.3 is 0 Å². The van der Waals surface area contributed by atoms with Crippen molar-refractivity contribution >= 4 is 35.3 Å². The smallest absolute Gasteiger partial charge is 0.255 e. The van der Waals surface area contributed by atoms with Crippen molar-refractivity contribution in [1.29, 1.82) is 0 Å². The van der Waals surface area contributed by atoms with Crippen LogP contribution in [0.4, 0.5) is 5.95 Å². The molecular formula is C22H24ClN7O3. The Morgan fingerprint density at radius 1 is 1.12 bits per heavy atom. The van der Waals surface area contributed by atoms with Crippen LogP contribution >= 0.6 is 11.6 Å². The molecule has 0 bridgehead atoms. The molecule has 3 amide bonds. The van der Waals surface area contributed by atoms with E-state index in [1.165, 1.54) is 6.33 Å². The van der Waals surface area contributed by atoms with Crippen LogP contribution in [0.15, 0.2) is 24.5 Å². The molecule has 2 saturated heterocycles. The first kappa shape index (κ1) is 21.7. The van der Waals surface area contributed by atoms with Gasteiger partial charge in [-0.15, -0.1) is 0 Å². The van der Waals surface area contributed by atoms with Crippen molar-refractivity contribution in [3.63, 3.8) is 0 Å². The molecule has 172 valence electrons. The van der Waals surface area contributed by atoms with E-state index in [4.69, 9.17) is 11.6 Å². The minimum atomic E-state index is -0.621. The van der Waals surface area contributed by atoms with E-state index in [2.05, 4.69) is 30.5 Å². The number of anilines is 1. The first-order valence-electron chi connectivity index (χ1n) is 11.1. The second kappa shape index (κ2) is 9.03. The van der Waals surface area contributed by atoms with Gasteiger partial charge in [-0.3, -0.25) is 19.7 Å². The van der Waals surface area contributed by atoms with E-state index in [1.807, 2.05) is 18.2 Å². The maximum absolute atomic E-state index is 13.0. The molecule has 5 rings (SSSR count). The third-order valence-corrected chi connectivity index (χ3v) is 6.66. The van der Waals surface area contributed by atoms with Crippen molar-refractivity contribution in [3.8, 4) is 0 Å². The molecule has 1 aromatic carbocycles. The Bertz CT molecular complexity index is 1110. The van der Waals surface area contributed by atoms with Gasteiger partial charge in [0.1, 0.15) is 12.4 Å². The lowest BCUT2D eigenvalue weighted by Gasteiger charge is -2.34. The summed E-state index contributed by atoms with van der Waals surface area (Å²) in [6.07, 6.45) is 3.91. The summed E-state index contributed by atoms with van der Waals surface area (Å²) >= 11 is 6.04. The van der Waals surface area contributed by atoms with Crippen LogP contribution in [0.2, 0.25) is 5.28 Å². The summed E-state index contributed by atoms with van der Waals surface area (Å²) in [5, 5.41) is 5.86. The number of nitrogens with zero attached hydrogens (tertiary/aromatic N) is 5. The average Bonchev–Trinajstić information content (AvgIpc) is 3.13. The number of carbonyl (C=O) groups excluding carboxylic acids is 3. The molecule has 2 fully saturated rings. The van der Waals surface area contributed by atoms with Crippen molar-refractivity contribution in [2.75, 3.05) is 18.0 Å². The monoisotopic (exact) mass is 469 g/mol. The first-order valence-corrected chi connectivity index (χ1v) is 11.5. The average molecular weight is 470 g/mol. The predicted octanol–water partition coefficient (Wildman–Crippen LogP) is 1.04. The number of aromatic nitrogens is 3. The molecule has 3 aliphatic rings. The Labute approximate surface area is 195 Å². The fourth-order valence-corrected chi connectivity index (χ4v) is 4.93. The van der Waals surface area contributed by atoms with E-state index >= 15 is 0 Å². The molecule has 3 aliphatic heterocycles. The van der Waals surface area contributed by atoms with Crippen LogP contribution < -0.4 is 15.5 Å². The summed E-state index contributed by atoms with van der Waals surface area (Å²) in [7, 11) is 0. The molecule has 0 radical (unpaired) electrons. The number of carbonyl (C=O) groups is 3. The lowest BCUT2D eigenvalue weighted by atomic mass is 10.0. The van der Waals surface area contributed by atoms with E-state index in [0.717, 1.165) is 37.1 Å². The highest BCUT2D eigenvalue weighted by Gasteiger charge is 2.39. The molecule has 1 unspecified atom stereocenters. The van der Waals surface area contributed by atoms with E-state index in [1.54, 1.807) is 4.90 Å². The van der Waals surface area contributed by atoms with Crippen molar-refractivity contribution in [2.24, 2.45) is 0 Å². The zero-order chi connectivity index (χ0) is 22.9. The van der Waals surface area contributed by atoms with Crippen molar-refractivity contribution in [1.82, 2.24) is 30.5 Å². The van der Waals surface area contributed by atoms with Gasteiger partial charge in [-0.05, 0) is 61.1 Å². The lowest BCUT2D eigenvalue weighted by Crippen LogP contribution is -2.52. The summed E-state index contributed by atoms with van der Waals surface area (Å²) in [4.78, 5) is 53.0. The van der Waals surface area contributed by atoms with Crippen LogP contribution in [-0.2, 0) is 22.7 Å². The third-order valence-electron chi connectivity index (χ3n) is 6.48. The number of hydrogen-bond acceptors (Lipinski definition) is 8. The molecule has 1 aromatic heterocycles. The molecule has 10 nitrogen and oxygen atoms in total. The number of halogens is 1. The van der Waals surface area contributed by atoms with E-state index in [0.29, 0.717) is 31.0 Å². The molecule has 1 atom stereocenters. The van der Waals surface area contributed by atoms with Gasteiger partial charge in [-0.1, -0.05) is 12.1 Å². The second-order valence-electron chi connectivity index (χ2n) is 8.56. The first-order chi connectivity index (χ1) is 16.0. The molecule has 4 heterocycles. The molecular weight excluding hydrogens is 446 g/mol. The van der Waals surface area contributed by atoms with E-state index < -0.39 is 11.9 Å². The molecule has 0 saturated carbocycles.